The molecule has 1 aliphatic heterocycles. The lowest BCUT2D eigenvalue weighted by molar-refractivity contribution is 0.124. The molecule has 3 unspecified atom stereocenters. The molecule has 2 rings (SSSR count). The summed E-state index contributed by atoms with van der Waals surface area (Å²) >= 11 is 0. The minimum absolute atomic E-state index is 0.339. The predicted octanol–water partition coefficient (Wildman–Crippen LogP) is 2.98. The van der Waals surface area contributed by atoms with Crippen LogP contribution in [0.4, 0.5) is 0 Å². The van der Waals surface area contributed by atoms with Crippen molar-refractivity contribution in [3.8, 4) is 0 Å². The van der Waals surface area contributed by atoms with Gasteiger partial charge in [-0.25, -0.2) is 0 Å². The molecule has 0 saturated carbocycles. The van der Waals surface area contributed by atoms with Crippen LogP contribution in [0.1, 0.15) is 44.4 Å². The molecule has 18 heavy (non-hydrogen) atoms. The number of rotatable bonds is 3. The van der Waals surface area contributed by atoms with Crippen molar-refractivity contribution in [1.82, 2.24) is 4.90 Å². The van der Waals surface area contributed by atoms with Gasteiger partial charge in [0.25, 0.3) is 0 Å². The first-order valence-corrected chi connectivity index (χ1v) is 7.18. The Morgan fingerprint density at radius 2 is 1.94 bits per heavy atom. The number of hydrogen-bond acceptors (Lipinski definition) is 2. The third-order valence-corrected chi connectivity index (χ3v) is 4.14. The first-order valence-electron chi connectivity index (χ1n) is 7.18. The molecule has 100 valence electrons. The van der Waals surface area contributed by atoms with Gasteiger partial charge in [0.2, 0.25) is 0 Å². The SMILES string of the molecule is CCc1ccc(C(C)N2CC(C)CC(N)C2)cc1. The van der Waals surface area contributed by atoms with Gasteiger partial charge in [-0.15, -0.1) is 0 Å². The molecule has 2 heteroatoms. The minimum atomic E-state index is 0.339. The topological polar surface area (TPSA) is 29.3 Å². The second-order valence-electron chi connectivity index (χ2n) is 5.83. The Bertz CT molecular complexity index is 361. The monoisotopic (exact) mass is 246 g/mol. The van der Waals surface area contributed by atoms with E-state index >= 15 is 0 Å². The lowest BCUT2D eigenvalue weighted by Gasteiger charge is -2.38. The van der Waals surface area contributed by atoms with E-state index in [4.69, 9.17) is 5.73 Å². The van der Waals surface area contributed by atoms with Crippen molar-refractivity contribution >= 4 is 0 Å². The Morgan fingerprint density at radius 3 is 2.50 bits per heavy atom. The number of piperidine rings is 1. The standard InChI is InChI=1S/C16H26N2/c1-4-14-5-7-15(8-6-14)13(3)18-10-12(2)9-16(17)11-18/h5-8,12-13,16H,4,9-11,17H2,1-3H3. The van der Waals surface area contributed by atoms with Crippen molar-refractivity contribution in [3.63, 3.8) is 0 Å². The van der Waals surface area contributed by atoms with Gasteiger partial charge in [0.15, 0.2) is 0 Å². The molecule has 1 saturated heterocycles. The maximum absolute atomic E-state index is 6.14. The number of nitrogens with two attached hydrogens (primary N) is 1. The Labute approximate surface area is 111 Å². The molecule has 3 atom stereocenters. The summed E-state index contributed by atoms with van der Waals surface area (Å²) in [5.41, 5.74) is 8.96. The summed E-state index contributed by atoms with van der Waals surface area (Å²) in [5.74, 6) is 0.714. The largest absolute Gasteiger partial charge is 0.327 e. The van der Waals surface area contributed by atoms with Crippen molar-refractivity contribution in [2.45, 2.75) is 45.7 Å². The van der Waals surface area contributed by atoms with E-state index in [9.17, 15) is 0 Å². The van der Waals surface area contributed by atoms with E-state index < -0.39 is 0 Å². The van der Waals surface area contributed by atoms with Gasteiger partial charge in [0, 0.05) is 25.2 Å². The fourth-order valence-electron chi connectivity index (χ4n) is 3.00. The predicted molar refractivity (Wildman–Crippen MR) is 77.6 cm³/mol. The van der Waals surface area contributed by atoms with Gasteiger partial charge < -0.3 is 5.73 Å². The number of nitrogens with zero attached hydrogens (tertiary/aromatic N) is 1. The molecule has 1 aromatic rings. The zero-order valence-electron chi connectivity index (χ0n) is 11.9. The van der Waals surface area contributed by atoms with Gasteiger partial charge in [-0.3, -0.25) is 4.90 Å². The average Bonchev–Trinajstić information content (AvgIpc) is 2.37. The first-order chi connectivity index (χ1) is 8.60. The Balaban J connectivity index is 2.07. The summed E-state index contributed by atoms with van der Waals surface area (Å²) in [5, 5.41) is 0. The third kappa shape index (κ3) is 3.12. The van der Waals surface area contributed by atoms with Gasteiger partial charge in [-0.2, -0.15) is 0 Å². The molecular formula is C16H26N2. The van der Waals surface area contributed by atoms with Crippen molar-refractivity contribution in [3.05, 3.63) is 35.4 Å². The lowest BCUT2D eigenvalue weighted by Crippen LogP contribution is -2.47. The molecule has 1 aromatic carbocycles. The minimum Gasteiger partial charge on any atom is -0.327 e. The summed E-state index contributed by atoms with van der Waals surface area (Å²) in [6, 6.07) is 9.86. The molecule has 0 aromatic heterocycles. The quantitative estimate of drug-likeness (QED) is 0.888. The van der Waals surface area contributed by atoms with Gasteiger partial charge in [-0.1, -0.05) is 38.1 Å². The maximum Gasteiger partial charge on any atom is 0.0320 e. The van der Waals surface area contributed by atoms with E-state index in [1.165, 1.54) is 17.7 Å². The van der Waals surface area contributed by atoms with Crippen LogP contribution in [0.3, 0.4) is 0 Å². The van der Waals surface area contributed by atoms with E-state index in [1.54, 1.807) is 0 Å². The summed E-state index contributed by atoms with van der Waals surface area (Å²) < 4.78 is 0. The molecular weight excluding hydrogens is 220 g/mol. The average molecular weight is 246 g/mol. The highest BCUT2D eigenvalue weighted by Crippen LogP contribution is 2.26. The second kappa shape index (κ2) is 5.85. The van der Waals surface area contributed by atoms with Gasteiger partial charge in [0.05, 0.1) is 0 Å². The molecule has 0 spiro atoms. The summed E-state index contributed by atoms with van der Waals surface area (Å²) in [6.07, 6.45) is 2.28. The third-order valence-electron chi connectivity index (χ3n) is 4.14. The highest BCUT2D eigenvalue weighted by molar-refractivity contribution is 5.24. The van der Waals surface area contributed by atoms with Gasteiger partial charge in [-0.05, 0) is 36.8 Å². The fourth-order valence-corrected chi connectivity index (χ4v) is 3.00. The molecule has 1 fully saturated rings. The van der Waals surface area contributed by atoms with Crippen LogP contribution in [0, 0.1) is 5.92 Å². The van der Waals surface area contributed by atoms with Crippen molar-refractivity contribution in [2.75, 3.05) is 13.1 Å². The van der Waals surface area contributed by atoms with Crippen LogP contribution in [0.2, 0.25) is 0 Å². The molecule has 2 nitrogen and oxygen atoms in total. The molecule has 0 amide bonds. The molecule has 0 bridgehead atoms. The molecule has 0 radical (unpaired) electrons. The zero-order valence-corrected chi connectivity index (χ0v) is 11.9. The number of hydrogen-bond donors (Lipinski definition) is 1. The highest BCUT2D eigenvalue weighted by Gasteiger charge is 2.26. The smallest absolute Gasteiger partial charge is 0.0320 e. The number of benzene rings is 1. The van der Waals surface area contributed by atoms with E-state index in [1.807, 2.05) is 0 Å². The van der Waals surface area contributed by atoms with Crippen LogP contribution < -0.4 is 5.73 Å². The Kier molecular flexibility index (Phi) is 4.41. The molecule has 1 aliphatic rings. The van der Waals surface area contributed by atoms with Crippen LogP contribution in [0.5, 0.6) is 0 Å². The summed E-state index contributed by atoms with van der Waals surface area (Å²) in [7, 11) is 0. The van der Waals surface area contributed by atoms with E-state index in [2.05, 4.69) is 49.9 Å². The van der Waals surface area contributed by atoms with E-state index in [0.29, 0.717) is 18.0 Å². The normalized spacial score (nSPS) is 27.1. The highest BCUT2D eigenvalue weighted by atomic mass is 15.2. The van der Waals surface area contributed by atoms with Crippen LogP contribution in [-0.4, -0.2) is 24.0 Å². The Hall–Kier alpha value is -0.860. The van der Waals surface area contributed by atoms with Crippen LogP contribution >= 0.6 is 0 Å². The lowest BCUT2D eigenvalue weighted by atomic mass is 9.93. The van der Waals surface area contributed by atoms with Crippen molar-refractivity contribution < 1.29 is 0 Å². The first kappa shape index (κ1) is 13.6. The van der Waals surface area contributed by atoms with Crippen molar-refractivity contribution in [1.29, 1.82) is 0 Å². The fraction of sp³-hybridized carbons (Fsp3) is 0.625. The van der Waals surface area contributed by atoms with Gasteiger partial charge in [0.1, 0.15) is 0 Å². The van der Waals surface area contributed by atoms with Crippen LogP contribution in [0.15, 0.2) is 24.3 Å². The zero-order chi connectivity index (χ0) is 13.1. The van der Waals surface area contributed by atoms with Crippen LogP contribution in [-0.2, 0) is 6.42 Å². The van der Waals surface area contributed by atoms with Crippen molar-refractivity contribution in [2.24, 2.45) is 11.7 Å². The summed E-state index contributed by atoms with van der Waals surface area (Å²) in [4.78, 5) is 2.53. The molecule has 1 heterocycles. The van der Waals surface area contributed by atoms with Crippen LogP contribution in [0.25, 0.3) is 0 Å². The summed E-state index contributed by atoms with van der Waals surface area (Å²) in [6.45, 7) is 9.00. The Morgan fingerprint density at radius 1 is 1.28 bits per heavy atom. The molecule has 0 aliphatic carbocycles. The second-order valence-corrected chi connectivity index (χ2v) is 5.83. The van der Waals surface area contributed by atoms with E-state index in [-0.39, 0.29) is 0 Å². The van der Waals surface area contributed by atoms with E-state index in [0.717, 1.165) is 19.4 Å². The number of likely N-dealkylation sites (tertiary alicyclic amines) is 1. The molecule has 2 N–H and O–H groups in total. The maximum atomic E-state index is 6.14. The van der Waals surface area contributed by atoms with Gasteiger partial charge >= 0.3 is 0 Å². The number of aryl methyl sites for hydroxylation is 1.